The summed E-state index contributed by atoms with van der Waals surface area (Å²) in [6.45, 7) is 3.65. The number of rotatable bonds is 5. The molecule has 1 aromatic carbocycles. The minimum absolute atomic E-state index is 0.745. The predicted molar refractivity (Wildman–Crippen MR) is 75.8 cm³/mol. The second-order valence-corrected chi connectivity index (χ2v) is 5.80. The van der Waals surface area contributed by atoms with Gasteiger partial charge in [-0.15, -0.1) is 0 Å². The highest BCUT2D eigenvalue weighted by Crippen LogP contribution is 2.40. The Hall–Kier alpha value is -0.860. The van der Waals surface area contributed by atoms with E-state index in [1.807, 2.05) is 0 Å². The van der Waals surface area contributed by atoms with Crippen LogP contribution >= 0.6 is 0 Å². The van der Waals surface area contributed by atoms with Gasteiger partial charge in [-0.05, 0) is 56.8 Å². The lowest BCUT2D eigenvalue weighted by molar-refractivity contribution is 0.347. The number of piperidine rings is 1. The summed E-state index contributed by atoms with van der Waals surface area (Å²) in [6, 6.07) is 11.7. The van der Waals surface area contributed by atoms with Gasteiger partial charge in [-0.2, -0.15) is 0 Å². The largest absolute Gasteiger partial charge is 0.317 e. The molecule has 18 heavy (non-hydrogen) atoms. The van der Waals surface area contributed by atoms with E-state index in [1.165, 1.54) is 50.9 Å². The maximum atomic E-state index is 3.73. The molecule has 3 rings (SSSR count). The van der Waals surface area contributed by atoms with Gasteiger partial charge in [0.2, 0.25) is 0 Å². The quantitative estimate of drug-likeness (QED) is 0.831. The SMILES string of the molecule is c1ccc(C2CC2NCCC2CCNCC2)cc1. The fraction of sp³-hybridized carbons (Fsp3) is 0.625. The van der Waals surface area contributed by atoms with E-state index in [9.17, 15) is 0 Å². The molecule has 2 fully saturated rings. The van der Waals surface area contributed by atoms with E-state index in [0.717, 1.165) is 17.9 Å². The van der Waals surface area contributed by atoms with Gasteiger partial charge in [0.1, 0.15) is 0 Å². The summed E-state index contributed by atoms with van der Waals surface area (Å²) < 4.78 is 0. The smallest absolute Gasteiger partial charge is 0.0143 e. The molecular formula is C16H24N2. The number of nitrogens with one attached hydrogen (secondary N) is 2. The number of benzene rings is 1. The average molecular weight is 244 g/mol. The van der Waals surface area contributed by atoms with E-state index in [2.05, 4.69) is 41.0 Å². The fourth-order valence-corrected chi connectivity index (χ4v) is 3.13. The Kier molecular flexibility index (Phi) is 3.96. The van der Waals surface area contributed by atoms with E-state index >= 15 is 0 Å². The van der Waals surface area contributed by atoms with Crippen LogP contribution in [0.1, 0.15) is 37.2 Å². The van der Waals surface area contributed by atoms with Gasteiger partial charge in [0.05, 0.1) is 0 Å². The Morgan fingerprint density at radius 2 is 1.89 bits per heavy atom. The van der Waals surface area contributed by atoms with E-state index in [4.69, 9.17) is 0 Å². The van der Waals surface area contributed by atoms with Crippen molar-refractivity contribution in [1.29, 1.82) is 0 Å². The lowest BCUT2D eigenvalue weighted by atomic mass is 9.95. The molecule has 2 atom stereocenters. The zero-order valence-electron chi connectivity index (χ0n) is 11.1. The summed E-state index contributed by atoms with van der Waals surface area (Å²) in [4.78, 5) is 0. The van der Waals surface area contributed by atoms with Crippen molar-refractivity contribution in [1.82, 2.24) is 10.6 Å². The molecule has 0 radical (unpaired) electrons. The molecule has 1 saturated heterocycles. The summed E-state index contributed by atoms with van der Waals surface area (Å²) >= 11 is 0. The summed E-state index contributed by atoms with van der Waals surface area (Å²) in [5.74, 6) is 1.73. The topological polar surface area (TPSA) is 24.1 Å². The second-order valence-electron chi connectivity index (χ2n) is 5.80. The van der Waals surface area contributed by atoms with Crippen molar-refractivity contribution in [3.63, 3.8) is 0 Å². The van der Waals surface area contributed by atoms with Crippen molar-refractivity contribution < 1.29 is 0 Å². The molecule has 2 unspecified atom stereocenters. The van der Waals surface area contributed by atoms with Gasteiger partial charge >= 0.3 is 0 Å². The molecule has 1 aromatic rings. The summed E-state index contributed by atoms with van der Waals surface area (Å²) in [7, 11) is 0. The van der Waals surface area contributed by atoms with Crippen LogP contribution in [0.4, 0.5) is 0 Å². The van der Waals surface area contributed by atoms with Gasteiger partial charge in [-0.25, -0.2) is 0 Å². The summed E-state index contributed by atoms with van der Waals surface area (Å²) in [5, 5.41) is 7.17. The lowest BCUT2D eigenvalue weighted by Crippen LogP contribution is -2.30. The first-order valence-electron chi connectivity index (χ1n) is 7.42. The van der Waals surface area contributed by atoms with Crippen LogP contribution in [0, 0.1) is 5.92 Å². The molecule has 1 heterocycles. The maximum absolute atomic E-state index is 3.73. The zero-order chi connectivity index (χ0) is 12.2. The van der Waals surface area contributed by atoms with Crippen molar-refractivity contribution in [2.75, 3.05) is 19.6 Å². The van der Waals surface area contributed by atoms with Crippen LogP contribution in [0.3, 0.4) is 0 Å². The average Bonchev–Trinajstić information content (AvgIpc) is 3.21. The van der Waals surface area contributed by atoms with E-state index < -0.39 is 0 Å². The number of hydrogen-bond donors (Lipinski definition) is 2. The Balaban J connectivity index is 1.36. The third kappa shape index (κ3) is 3.12. The van der Waals surface area contributed by atoms with Crippen LogP contribution in [0.15, 0.2) is 30.3 Å². The van der Waals surface area contributed by atoms with Crippen molar-refractivity contribution in [2.24, 2.45) is 5.92 Å². The zero-order valence-corrected chi connectivity index (χ0v) is 11.1. The molecule has 0 spiro atoms. The van der Waals surface area contributed by atoms with E-state index in [-0.39, 0.29) is 0 Å². The van der Waals surface area contributed by atoms with Crippen LogP contribution in [-0.4, -0.2) is 25.7 Å². The van der Waals surface area contributed by atoms with E-state index in [1.54, 1.807) is 0 Å². The van der Waals surface area contributed by atoms with Crippen molar-refractivity contribution in [3.8, 4) is 0 Å². The molecule has 0 bridgehead atoms. The first-order valence-corrected chi connectivity index (χ1v) is 7.42. The molecule has 1 saturated carbocycles. The van der Waals surface area contributed by atoms with Gasteiger partial charge in [0.25, 0.3) is 0 Å². The van der Waals surface area contributed by atoms with E-state index in [0.29, 0.717) is 0 Å². The Morgan fingerprint density at radius 1 is 1.11 bits per heavy atom. The molecule has 98 valence electrons. The standard InChI is InChI=1S/C16H24N2/c1-2-4-14(5-3-1)15-12-16(15)18-11-8-13-6-9-17-10-7-13/h1-5,13,15-18H,6-12H2. The number of hydrogen-bond acceptors (Lipinski definition) is 2. The molecule has 0 amide bonds. The normalized spacial score (nSPS) is 28.2. The highest BCUT2D eigenvalue weighted by molar-refractivity contribution is 5.27. The first kappa shape index (κ1) is 12.2. The fourth-order valence-electron chi connectivity index (χ4n) is 3.13. The van der Waals surface area contributed by atoms with Crippen LogP contribution in [0.5, 0.6) is 0 Å². The molecule has 2 nitrogen and oxygen atoms in total. The van der Waals surface area contributed by atoms with Crippen molar-refractivity contribution in [3.05, 3.63) is 35.9 Å². The molecular weight excluding hydrogens is 220 g/mol. The van der Waals surface area contributed by atoms with Crippen LogP contribution in [-0.2, 0) is 0 Å². The maximum Gasteiger partial charge on any atom is 0.0143 e. The summed E-state index contributed by atoms with van der Waals surface area (Å²) in [5.41, 5.74) is 1.51. The molecule has 1 aliphatic carbocycles. The summed E-state index contributed by atoms with van der Waals surface area (Å²) in [6.07, 6.45) is 5.43. The third-order valence-electron chi connectivity index (χ3n) is 4.44. The van der Waals surface area contributed by atoms with Crippen molar-refractivity contribution >= 4 is 0 Å². The van der Waals surface area contributed by atoms with Gasteiger partial charge in [0.15, 0.2) is 0 Å². The highest BCUT2D eigenvalue weighted by atomic mass is 15.0. The monoisotopic (exact) mass is 244 g/mol. The second kappa shape index (κ2) is 5.85. The van der Waals surface area contributed by atoms with Gasteiger partial charge in [-0.1, -0.05) is 30.3 Å². The van der Waals surface area contributed by atoms with Crippen LogP contribution < -0.4 is 10.6 Å². The molecule has 0 aromatic heterocycles. The third-order valence-corrected chi connectivity index (χ3v) is 4.44. The first-order chi connectivity index (χ1) is 8.93. The van der Waals surface area contributed by atoms with Gasteiger partial charge < -0.3 is 10.6 Å². The van der Waals surface area contributed by atoms with Crippen molar-refractivity contribution in [2.45, 2.75) is 37.6 Å². The minimum Gasteiger partial charge on any atom is -0.317 e. The minimum atomic E-state index is 0.745. The van der Waals surface area contributed by atoms with Crippen LogP contribution in [0.25, 0.3) is 0 Å². The molecule has 2 N–H and O–H groups in total. The van der Waals surface area contributed by atoms with Crippen LogP contribution in [0.2, 0.25) is 0 Å². The Bertz CT molecular complexity index is 357. The molecule has 2 aliphatic rings. The van der Waals surface area contributed by atoms with Gasteiger partial charge in [-0.3, -0.25) is 0 Å². The Morgan fingerprint density at radius 3 is 2.67 bits per heavy atom. The molecule has 2 heteroatoms. The lowest BCUT2D eigenvalue weighted by Gasteiger charge is -2.22. The highest BCUT2D eigenvalue weighted by Gasteiger charge is 2.37. The van der Waals surface area contributed by atoms with Gasteiger partial charge in [0, 0.05) is 12.0 Å². The predicted octanol–water partition coefficient (Wildman–Crippen LogP) is 2.52. The Labute approximate surface area is 110 Å². The molecule has 1 aliphatic heterocycles.